The van der Waals surface area contributed by atoms with Gasteiger partial charge in [0.15, 0.2) is 0 Å². The van der Waals surface area contributed by atoms with Crippen LogP contribution in [0.15, 0.2) is 18.2 Å². The molecular formula is C12H15N3O2. The number of nitrogens with one attached hydrogen (secondary N) is 1. The summed E-state index contributed by atoms with van der Waals surface area (Å²) in [6.45, 7) is 3.83. The molecule has 1 atom stereocenters. The van der Waals surface area contributed by atoms with E-state index in [1.165, 1.54) is 0 Å². The minimum absolute atomic E-state index is 0.178. The van der Waals surface area contributed by atoms with Crippen LogP contribution in [-0.4, -0.2) is 24.4 Å². The third-order valence-corrected chi connectivity index (χ3v) is 3.08. The smallest absolute Gasteiger partial charge is 0.249 e. The largest absolute Gasteiger partial charge is 0.398 e. The molecule has 1 unspecified atom stereocenters. The summed E-state index contributed by atoms with van der Waals surface area (Å²) >= 11 is 0. The molecule has 1 heterocycles. The SMILES string of the molecule is Cc1c(N)cccc1N1CC(=O)NC(=O)C1C. The Balaban J connectivity index is 2.41. The van der Waals surface area contributed by atoms with E-state index in [0.29, 0.717) is 5.69 Å². The lowest BCUT2D eigenvalue weighted by Crippen LogP contribution is -2.57. The molecule has 5 nitrogen and oxygen atoms in total. The Labute approximate surface area is 99.6 Å². The normalized spacial score (nSPS) is 20.4. The zero-order valence-electron chi connectivity index (χ0n) is 9.86. The van der Waals surface area contributed by atoms with Gasteiger partial charge < -0.3 is 10.6 Å². The van der Waals surface area contributed by atoms with Gasteiger partial charge in [-0.1, -0.05) is 6.07 Å². The lowest BCUT2D eigenvalue weighted by Gasteiger charge is -2.34. The van der Waals surface area contributed by atoms with E-state index in [4.69, 9.17) is 5.73 Å². The van der Waals surface area contributed by atoms with Crippen molar-refractivity contribution in [3.8, 4) is 0 Å². The summed E-state index contributed by atoms with van der Waals surface area (Å²) in [5.41, 5.74) is 8.21. The van der Waals surface area contributed by atoms with Crippen molar-refractivity contribution < 1.29 is 9.59 Å². The number of carbonyl (C=O) groups excluding carboxylic acids is 2. The van der Waals surface area contributed by atoms with Gasteiger partial charge in [-0.2, -0.15) is 0 Å². The zero-order chi connectivity index (χ0) is 12.6. The molecule has 0 spiro atoms. The number of nitrogens with two attached hydrogens (primary N) is 1. The van der Waals surface area contributed by atoms with Crippen molar-refractivity contribution in [1.82, 2.24) is 5.32 Å². The first-order valence-electron chi connectivity index (χ1n) is 5.46. The zero-order valence-corrected chi connectivity index (χ0v) is 9.86. The van der Waals surface area contributed by atoms with Gasteiger partial charge in [0.05, 0.1) is 6.54 Å². The number of nitrogen functional groups attached to an aromatic ring is 1. The number of anilines is 2. The molecule has 2 rings (SSSR count). The average molecular weight is 233 g/mol. The molecule has 3 N–H and O–H groups in total. The monoisotopic (exact) mass is 233 g/mol. The van der Waals surface area contributed by atoms with Crippen LogP contribution in [-0.2, 0) is 9.59 Å². The van der Waals surface area contributed by atoms with Crippen molar-refractivity contribution in [2.45, 2.75) is 19.9 Å². The number of hydrogen-bond acceptors (Lipinski definition) is 4. The van der Waals surface area contributed by atoms with Gasteiger partial charge in [-0.15, -0.1) is 0 Å². The molecule has 1 aromatic carbocycles. The van der Waals surface area contributed by atoms with Crippen LogP contribution in [0.5, 0.6) is 0 Å². The van der Waals surface area contributed by atoms with E-state index in [-0.39, 0.29) is 24.4 Å². The minimum atomic E-state index is -0.367. The molecule has 0 saturated carbocycles. The van der Waals surface area contributed by atoms with Gasteiger partial charge in [-0.25, -0.2) is 0 Å². The number of piperazine rings is 1. The second-order valence-corrected chi connectivity index (χ2v) is 4.21. The van der Waals surface area contributed by atoms with Gasteiger partial charge >= 0.3 is 0 Å². The van der Waals surface area contributed by atoms with Crippen LogP contribution in [0.1, 0.15) is 12.5 Å². The second-order valence-electron chi connectivity index (χ2n) is 4.21. The Bertz CT molecular complexity index is 485. The summed E-state index contributed by atoms with van der Waals surface area (Å²) in [7, 11) is 0. The molecule has 1 aromatic rings. The van der Waals surface area contributed by atoms with Crippen LogP contribution in [0, 0.1) is 6.92 Å². The van der Waals surface area contributed by atoms with Gasteiger partial charge in [0.1, 0.15) is 6.04 Å². The molecule has 1 aliphatic heterocycles. The number of imide groups is 1. The summed E-state index contributed by atoms with van der Waals surface area (Å²) in [4.78, 5) is 24.7. The van der Waals surface area contributed by atoms with E-state index in [2.05, 4.69) is 5.32 Å². The first kappa shape index (κ1) is 11.4. The number of benzene rings is 1. The van der Waals surface area contributed by atoms with E-state index in [1.54, 1.807) is 17.9 Å². The number of nitrogens with zero attached hydrogens (tertiary/aromatic N) is 1. The summed E-state index contributed by atoms with van der Waals surface area (Å²) in [5, 5.41) is 2.31. The predicted octanol–water partition coefficient (Wildman–Crippen LogP) is 0.429. The maximum absolute atomic E-state index is 11.6. The highest BCUT2D eigenvalue weighted by atomic mass is 16.2. The van der Waals surface area contributed by atoms with E-state index in [0.717, 1.165) is 11.3 Å². The molecule has 5 heteroatoms. The average Bonchev–Trinajstić information content (AvgIpc) is 2.27. The fourth-order valence-corrected chi connectivity index (χ4v) is 1.96. The molecule has 17 heavy (non-hydrogen) atoms. The van der Waals surface area contributed by atoms with Crippen LogP contribution >= 0.6 is 0 Å². The topological polar surface area (TPSA) is 75.4 Å². The number of carbonyl (C=O) groups is 2. The Kier molecular flexibility index (Phi) is 2.75. The van der Waals surface area contributed by atoms with Crippen molar-refractivity contribution in [2.24, 2.45) is 0 Å². The molecule has 90 valence electrons. The third-order valence-electron chi connectivity index (χ3n) is 3.08. The molecule has 1 aliphatic rings. The van der Waals surface area contributed by atoms with Crippen LogP contribution in [0.25, 0.3) is 0 Å². The van der Waals surface area contributed by atoms with Crippen molar-refractivity contribution in [1.29, 1.82) is 0 Å². The van der Waals surface area contributed by atoms with E-state index in [9.17, 15) is 9.59 Å². The van der Waals surface area contributed by atoms with Crippen molar-refractivity contribution in [3.05, 3.63) is 23.8 Å². The van der Waals surface area contributed by atoms with Crippen LogP contribution in [0.2, 0.25) is 0 Å². The van der Waals surface area contributed by atoms with Gasteiger partial charge in [-0.3, -0.25) is 14.9 Å². The fraction of sp³-hybridized carbons (Fsp3) is 0.333. The maximum atomic E-state index is 11.6. The summed E-state index contributed by atoms with van der Waals surface area (Å²) < 4.78 is 0. The summed E-state index contributed by atoms with van der Waals surface area (Å²) in [6, 6.07) is 5.12. The first-order chi connectivity index (χ1) is 8.00. The molecule has 0 bridgehead atoms. The third kappa shape index (κ3) is 1.95. The second kappa shape index (κ2) is 4.08. The summed E-state index contributed by atoms with van der Waals surface area (Å²) in [6.07, 6.45) is 0. The predicted molar refractivity (Wildman–Crippen MR) is 65.5 cm³/mol. The number of amides is 2. The van der Waals surface area contributed by atoms with E-state index < -0.39 is 0 Å². The van der Waals surface area contributed by atoms with E-state index >= 15 is 0 Å². The van der Waals surface area contributed by atoms with Gasteiger partial charge in [0.2, 0.25) is 11.8 Å². The number of hydrogen-bond donors (Lipinski definition) is 2. The molecule has 0 radical (unpaired) electrons. The van der Waals surface area contributed by atoms with Crippen LogP contribution in [0.4, 0.5) is 11.4 Å². The Morgan fingerprint density at radius 3 is 2.82 bits per heavy atom. The Morgan fingerprint density at radius 1 is 1.41 bits per heavy atom. The summed E-state index contributed by atoms with van der Waals surface area (Å²) in [5.74, 6) is -0.557. The Hall–Kier alpha value is -2.04. The molecule has 0 aliphatic carbocycles. The highest BCUT2D eigenvalue weighted by Crippen LogP contribution is 2.27. The van der Waals surface area contributed by atoms with Gasteiger partial charge in [0.25, 0.3) is 0 Å². The van der Waals surface area contributed by atoms with Crippen LogP contribution < -0.4 is 16.0 Å². The molecule has 2 amide bonds. The van der Waals surface area contributed by atoms with Crippen molar-refractivity contribution in [2.75, 3.05) is 17.2 Å². The first-order valence-corrected chi connectivity index (χ1v) is 5.46. The standard InChI is InChI=1S/C12H15N3O2/c1-7-9(13)4-3-5-10(7)15-6-11(16)14-12(17)8(15)2/h3-5,8H,6,13H2,1-2H3,(H,14,16,17). The molecular weight excluding hydrogens is 218 g/mol. The number of rotatable bonds is 1. The van der Waals surface area contributed by atoms with Crippen LogP contribution in [0.3, 0.4) is 0 Å². The molecule has 1 saturated heterocycles. The lowest BCUT2D eigenvalue weighted by atomic mass is 10.1. The highest BCUT2D eigenvalue weighted by molar-refractivity contribution is 6.04. The van der Waals surface area contributed by atoms with Gasteiger partial charge in [-0.05, 0) is 31.5 Å². The maximum Gasteiger partial charge on any atom is 0.249 e. The minimum Gasteiger partial charge on any atom is -0.398 e. The van der Waals surface area contributed by atoms with Gasteiger partial charge in [0, 0.05) is 11.4 Å². The van der Waals surface area contributed by atoms with Crippen molar-refractivity contribution >= 4 is 23.2 Å². The highest BCUT2D eigenvalue weighted by Gasteiger charge is 2.31. The van der Waals surface area contributed by atoms with Crippen molar-refractivity contribution in [3.63, 3.8) is 0 Å². The molecule has 1 fully saturated rings. The lowest BCUT2D eigenvalue weighted by molar-refractivity contribution is -0.132. The van der Waals surface area contributed by atoms with E-state index in [1.807, 2.05) is 19.1 Å². The quantitative estimate of drug-likeness (QED) is 0.545. The Morgan fingerprint density at radius 2 is 2.12 bits per heavy atom. The fourth-order valence-electron chi connectivity index (χ4n) is 1.96. The molecule has 0 aromatic heterocycles.